The lowest BCUT2D eigenvalue weighted by Crippen LogP contribution is -2.21. The largest absolute Gasteiger partial charge is 0.327 e. The minimum atomic E-state index is -3.15. The summed E-state index contributed by atoms with van der Waals surface area (Å²) in [5.74, 6) is 0. The standard InChI is InChI=1S/C14H18N2O2S2/c1-3-11(15)8-14-16-13(9-19-14)10-4-6-12(7-5-10)20(2,17)18/h4-7,9,11H,3,8,15H2,1-2H3. The van der Waals surface area contributed by atoms with Crippen molar-refractivity contribution in [3.63, 3.8) is 0 Å². The number of hydrogen-bond donors (Lipinski definition) is 1. The van der Waals surface area contributed by atoms with E-state index in [1.807, 2.05) is 5.38 Å². The number of hydrogen-bond acceptors (Lipinski definition) is 5. The molecule has 0 aliphatic rings. The third-order valence-electron chi connectivity index (χ3n) is 3.09. The number of nitrogens with two attached hydrogens (primary N) is 1. The smallest absolute Gasteiger partial charge is 0.175 e. The molecule has 1 aromatic heterocycles. The van der Waals surface area contributed by atoms with E-state index < -0.39 is 9.84 Å². The van der Waals surface area contributed by atoms with Crippen LogP contribution in [-0.2, 0) is 16.3 Å². The quantitative estimate of drug-likeness (QED) is 0.921. The van der Waals surface area contributed by atoms with Crippen molar-refractivity contribution in [2.45, 2.75) is 30.7 Å². The maximum Gasteiger partial charge on any atom is 0.175 e. The lowest BCUT2D eigenvalue weighted by Gasteiger charge is -2.04. The normalized spacial score (nSPS) is 13.3. The lowest BCUT2D eigenvalue weighted by atomic mass is 10.1. The van der Waals surface area contributed by atoms with Gasteiger partial charge >= 0.3 is 0 Å². The van der Waals surface area contributed by atoms with Crippen molar-refractivity contribution in [2.75, 3.05) is 6.26 Å². The van der Waals surface area contributed by atoms with Crippen molar-refractivity contribution in [1.29, 1.82) is 0 Å². The van der Waals surface area contributed by atoms with E-state index in [-0.39, 0.29) is 6.04 Å². The first-order valence-corrected chi connectivity index (χ1v) is 9.17. The molecule has 2 aromatic rings. The lowest BCUT2D eigenvalue weighted by molar-refractivity contribution is 0.602. The number of sulfone groups is 1. The highest BCUT2D eigenvalue weighted by molar-refractivity contribution is 7.90. The summed E-state index contributed by atoms with van der Waals surface area (Å²) in [5.41, 5.74) is 7.71. The molecular formula is C14H18N2O2S2. The number of thiazole rings is 1. The van der Waals surface area contributed by atoms with E-state index in [0.717, 1.165) is 29.1 Å². The van der Waals surface area contributed by atoms with Crippen LogP contribution in [0.15, 0.2) is 34.5 Å². The van der Waals surface area contributed by atoms with Gasteiger partial charge in [0, 0.05) is 29.7 Å². The zero-order valence-electron chi connectivity index (χ0n) is 11.5. The van der Waals surface area contributed by atoms with E-state index >= 15 is 0 Å². The van der Waals surface area contributed by atoms with Crippen molar-refractivity contribution in [2.24, 2.45) is 5.73 Å². The van der Waals surface area contributed by atoms with Gasteiger partial charge in [-0.2, -0.15) is 0 Å². The summed E-state index contributed by atoms with van der Waals surface area (Å²) in [4.78, 5) is 4.87. The van der Waals surface area contributed by atoms with Gasteiger partial charge in [-0.05, 0) is 18.6 Å². The Hall–Kier alpha value is -1.24. The van der Waals surface area contributed by atoms with Crippen molar-refractivity contribution in [3.05, 3.63) is 34.7 Å². The van der Waals surface area contributed by atoms with Gasteiger partial charge in [0.25, 0.3) is 0 Å². The zero-order valence-corrected chi connectivity index (χ0v) is 13.2. The van der Waals surface area contributed by atoms with Crippen molar-refractivity contribution >= 4 is 21.2 Å². The molecule has 2 N–H and O–H groups in total. The Morgan fingerprint density at radius 2 is 1.95 bits per heavy atom. The highest BCUT2D eigenvalue weighted by Crippen LogP contribution is 2.24. The van der Waals surface area contributed by atoms with E-state index in [1.165, 1.54) is 6.26 Å². The monoisotopic (exact) mass is 310 g/mol. The van der Waals surface area contributed by atoms with Crippen LogP contribution in [0.4, 0.5) is 0 Å². The maximum absolute atomic E-state index is 11.4. The molecule has 0 saturated carbocycles. The molecule has 1 aromatic carbocycles. The fraction of sp³-hybridized carbons (Fsp3) is 0.357. The molecule has 0 aliphatic carbocycles. The third kappa shape index (κ3) is 3.65. The molecular weight excluding hydrogens is 292 g/mol. The van der Waals surface area contributed by atoms with Crippen molar-refractivity contribution in [1.82, 2.24) is 4.98 Å². The maximum atomic E-state index is 11.4. The SMILES string of the molecule is CCC(N)Cc1nc(-c2ccc(S(C)(=O)=O)cc2)cs1. The average molecular weight is 310 g/mol. The summed E-state index contributed by atoms with van der Waals surface area (Å²) in [7, 11) is -3.15. The molecule has 4 nitrogen and oxygen atoms in total. The summed E-state index contributed by atoms with van der Waals surface area (Å²) in [6.07, 6.45) is 2.91. The van der Waals surface area contributed by atoms with Crippen molar-refractivity contribution in [3.8, 4) is 11.3 Å². The summed E-state index contributed by atoms with van der Waals surface area (Å²) in [5, 5.41) is 2.99. The van der Waals surface area contributed by atoms with Crippen LogP contribution in [0.25, 0.3) is 11.3 Å². The van der Waals surface area contributed by atoms with Gasteiger partial charge in [-0.1, -0.05) is 19.1 Å². The molecule has 0 saturated heterocycles. The van der Waals surface area contributed by atoms with Gasteiger partial charge in [0.15, 0.2) is 9.84 Å². The van der Waals surface area contributed by atoms with Crippen LogP contribution in [0, 0.1) is 0 Å². The molecule has 20 heavy (non-hydrogen) atoms. The number of aromatic nitrogens is 1. The molecule has 6 heteroatoms. The molecule has 0 amide bonds. The van der Waals surface area contributed by atoms with E-state index in [1.54, 1.807) is 35.6 Å². The van der Waals surface area contributed by atoms with E-state index in [0.29, 0.717) is 4.90 Å². The first kappa shape index (κ1) is 15.2. The topological polar surface area (TPSA) is 73.0 Å². The Morgan fingerprint density at radius 3 is 2.50 bits per heavy atom. The molecule has 108 valence electrons. The second-order valence-corrected chi connectivity index (χ2v) is 7.75. The Kier molecular flexibility index (Phi) is 4.57. The van der Waals surface area contributed by atoms with Gasteiger partial charge in [0.2, 0.25) is 0 Å². The predicted molar refractivity (Wildman–Crippen MR) is 82.6 cm³/mol. The highest BCUT2D eigenvalue weighted by atomic mass is 32.2. The molecule has 1 unspecified atom stereocenters. The summed E-state index contributed by atoms with van der Waals surface area (Å²) < 4.78 is 22.8. The minimum Gasteiger partial charge on any atom is -0.327 e. The zero-order chi connectivity index (χ0) is 14.8. The Morgan fingerprint density at radius 1 is 1.30 bits per heavy atom. The first-order valence-electron chi connectivity index (χ1n) is 6.40. The fourth-order valence-electron chi connectivity index (χ4n) is 1.78. The highest BCUT2D eigenvalue weighted by Gasteiger charge is 2.10. The molecule has 1 atom stereocenters. The van der Waals surface area contributed by atoms with Gasteiger partial charge in [0.1, 0.15) is 0 Å². The Bertz CT molecular complexity index is 675. The van der Waals surface area contributed by atoms with Crippen LogP contribution in [0.1, 0.15) is 18.4 Å². The van der Waals surface area contributed by atoms with E-state index in [9.17, 15) is 8.42 Å². The van der Waals surface area contributed by atoms with Crippen LogP contribution in [-0.4, -0.2) is 25.7 Å². The number of nitrogens with zero attached hydrogens (tertiary/aromatic N) is 1. The van der Waals surface area contributed by atoms with Gasteiger partial charge < -0.3 is 5.73 Å². The summed E-state index contributed by atoms with van der Waals surface area (Å²) in [6.45, 7) is 2.06. The van der Waals surface area contributed by atoms with Gasteiger partial charge in [0.05, 0.1) is 15.6 Å². The molecule has 0 fully saturated rings. The van der Waals surface area contributed by atoms with Gasteiger partial charge in [-0.25, -0.2) is 13.4 Å². The van der Waals surface area contributed by atoms with Crippen LogP contribution in [0.2, 0.25) is 0 Å². The number of rotatable bonds is 5. The van der Waals surface area contributed by atoms with Crippen LogP contribution in [0.3, 0.4) is 0 Å². The Balaban J connectivity index is 2.20. The van der Waals surface area contributed by atoms with E-state index in [2.05, 4.69) is 11.9 Å². The second kappa shape index (κ2) is 6.03. The third-order valence-corrected chi connectivity index (χ3v) is 5.09. The minimum absolute atomic E-state index is 0.140. The van der Waals surface area contributed by atoms with Gasteiger partial charge in [-0.15, -0.1) is 11.3 Å². The van der Waals surface area contributed by atoms with Crippen LogP contribution >= 0.6 is 11.3 Å². The number of benzene rings is 1. The molecule has 0 bridgehead atoms. The van der Waals surface area contributed by atoms with Gasteiger partial charge in [-0.3, -0.25) is 0 Å². The predicted octanol–water partition coefficient (Wildman–Crippen LogP) is 2.49. The molecule has 0 spiro atoms. The first-order chi connectivity index (χ1) is 9.40. The fourth-order valence-corrected chi connectivity index (χ4v) is 3.31. The molecule has 1 heterocycles. The summed E-state index contributed by atoms with van der Waals surface area (Å²) in [6, 6.07) is 6.94. The molecule has 0 aliphatic heterocycles. The molecule has 0 radical (unpaired) electrons. The molecule has 2 rings (SSSR count). The summed E-state index contributed by atoms with van der Waals surface area (Å²) >= 11 is 1.59. The van der Waals surface area contributed by atoms with Crippen molar-refractivity contribution < 1.29 is 8.42 Å². The van der Waals surface area contributed by atoms with Crippen LogP contribution in [0.5, 0.6) is 0 Å². The Labute approximate surface area is 123 Å². The van der Waals surface area contributed by atoms with Crippen LogP contribution < -0.4 is 5.73 Å². The second-order valence-electron chi connectivity index (χ2n) is 4.80. The average Bonchev–Trinajstić information content (AvgIpc) is 2.86. The van der Waals surface area contributed by atoms with E-state index in [4.69, 9.17) is 5.73 Å².